The molecule has 5 rings (SSSR count). The molecule has 1 aliphatic heterocycles. The number of aromatic nitrogens is 4. The lowest BCUT2D eigenvalue weighted by molar-refractivity contribution is 0.0696. The van der Waals surface area contributed by atoms with E-state index < -0.39 is 5.97 Å². The number of carboxylic acid groups (broad SMARTS) is 1. The lowest BCUT2D eigenvalue weighted by atomic mass is 9.86. The fourth-order valence-electron chi connectivity index (χ4n) is 4.53. The fourth-order valence-corrected chi connectivity index (χ4v) is 4.53. The van der Waals surface area contributed by atoms with Crippen LogP contribution in [-0.4, -0.2) is 55.5 Å². The molecule has 0 radical (unpaired) electrons. The van der Waals surface area contributed by atoms with Crippen LogP contribution in [0.4, 0.5) is 17.6 Å². The molecule has 0 bridgehead atoms. The summed E-state index contributed by atoms with van der Waals surface area (Å²) in [7, 11) is 0. The number of nitrogens with zero attached hydrogens (tertiary/aromatic N) is 5. The molecule has 1 saturated heterocycles. The third kappa shape index (κ3) is 5.44. The zero-order valence-corrected chi connectivity index (χ0v) is 21.7. The van der Waals surface area contributed by atoms with Crippen LogP contribution in [0, 0.1) is 0 Å². The molecule has 0 aliphatic carbocycles. The smallest absolute Gasteiger partial charge is 0.335 e. The van der Waals surface area contributed by atoms with Crippen molar-refractivity contribution in [2.75, 3.05) is 23.3 Å². The van der Waals surface area contributed by atoms with Crippen molar-refractivity contribution in [1.82, 2.24) is 24.7 Å². The highest BCUT2D eigenvalue weighted by Gasteiger charge is 2.25. The predicted molar refractivity (Wildman–Crippen MR) is 145 cm³/mol. The summed E-state index contributed by atoms with van der Waals surface area (Å²) < 4.78 is 1.74. The van der Waals surface area contributed by atoms with E-state index >= 15 is 0 Å². The van der Waals surface area contributed by atoms with E-state index in [-0.39, 0.29) is 22.9 Å². The van der Waals surface area contributed by atoms with Gasteiger partial charge in [-0.15, -0.1) is 0 Å². The summed E-state index contributed by atoms with van der Waals surface area (Å²) >= 11 is 0. The van der Waals surface area contributed by atoms with E-state index in [1.54, 1.807) is 28.9 Å². The Kier molecular flexibility index (Phi) is 6.71. The van der Waals surface area contributed by atoms with Gasteiger partial charge in [0.25, 0.3) is 5.91 Å². The molecule has 196 valence electrons. The van der Waals surface area contributed by atoms with Gasteiger partial charge >= 0.3 is 5.97 Å². The minimum atomic E-state index is -0.980. The molecule has 4 aromatic rings. The number of imidazole rings is 1. The average molecular weight is 514 g/mol. The Morgan fingerprint density at radius 3 is 2.39 bits per heavy atom. The first-order valence-electron chi connectivity index (χ1n) is 12.7. The SMILES string of the molecule is CC(C)(C)c1ccc(C(=O)NC2CCCN(c3nc(Nc4ccc(C(=O)O)cc4)n4ccnc4n3)C2)cc1. The van der Waals surface area contributed by atoms with Gasteiger partial charge in [-0.1, -0.05) is 32.9 Å². The number of carboxylic acids is 1. The molecular weight excluding hydrogens is 482 g/mol. The summed E-state index contributed by atoms with van der Waals surface area (Å²) in [5.41, 5.74) is 2.76. The zero-order valence-electron chi connectivity index (χ0n) is 21.7. The molecule has 1 aliphatic rings. The van der Waals surface area contributed by atoms with Gasteiger partial charge in [0.1, 0.15) is 0 Å². The van der Waals surface area contributed by atoms with Crippen molar-refractivity contribution in [2.45, 2.75) is 45.1 Å². The standard InChI is InChI=1S/C28H31N7O3/c1-28(2,3)20-10-6-18(7-11-20)23(36)30-22-5-4-15-34(17-22)26-32-25-29-14-16-35(25)27(33-26)31-21-12-8-19(9-13-21)24(37)38/h6-14,16,22H,4-5,15,17H2,1-3H3,(H,30,36)(H,37,38)(H,29,31,32,33). The van der Waals surface area contributed by atoms with Crippen LogP contribution < -0.4 is 15.5 Å². The minimum Gasteiger partial charge on any atom is -0.478 e. The number of rotatable bonds is 6. The largest absolute Gasteiger partial charge is 0.478 e. The highest BCUT2D eigenvalue weighted by Crippen LogP contribution is 2.24. The Balaban J connectivity index is 1.31. The van der Waals surface area contributed by atoms with Crippen molar-refractivity contribution in [3.63, 3.8) is 0 Å². The van der Waals surface area contributed by atoms with Crippen molar-refractivity contribution < 1.29 is 14.7 Å². The quantitative estimate of drug-likeness (QED) is 0.349. The number of anilines is 3. The topological polar surface area (TPSA) is 125 Å². The summed E-state index contributed by atoms with van der Waals surface area (Å²) in [4.78, 5) is 39.9. The molecule has 2 aromatic carbocycles. The van der Waals surface area contributed by atoms with Gasteiger partial charge in [0, 0.05) is 42.8 Å². The maximum absolute atomic E-state index is 13.0. The van der Waals surface area contributed by atoms with Gasteiger partial charge in [0.2, 0.25) is 17.7 Å². The Hall–Kier alpha value is -4.47. The van der Waals surface area contributed by atoms with Crippen LogP contribution in [-0.2, 0) is 5.41 Å². The van der Waals surface area contributed by atoms with E-state index in [0.29, 0.717) is 35.5 Å². The van der Waals surface area contributed by atoms with Crippen molar-refractivity contribution in [1.29, 1.82) is 0 Å². The molecule has 10 heteroatoms. The number of fused-ring (bicyclic) bond motifs is 1. The molecule has 1 fully saturated rings. The maximum atomic E-state index is 13.0. The highest BCUT2D eigenvalue weighted by molar-refractivity contribution is 5.94. The highest BCUT2D eigenvalue weighted by atomic mass is 16.4. The van der Waals surface area contributed by atoms with E-state index in [2.05, 4.69) is 46.3 Å². The van der Waals surface area contributed by atoms with Crippen LogP contribution in [0.3, 0.4) is 0 Å². The second kappa shape index (κ2) is 10.1. The Labute approximate surface area is 220 Å². The molecule has 10 nitrogen and oxygen atoms in total. The van der Waals surface area contributed by atoms with Gasteiger partial charge in [-0.25, -0.2) is 9.78 Å². The number of carbonyl (C=O) groups excluding carboxylic acids is 1. The Morgan fingerprint density at radius 2 is 1.71 bits per heavy atom. The summed E-state index contributed by atoms with van der Waals surface area (Å²) in [6.07, 6.45) is 5.17. The maximum Gasteiger partial charge on any atom is 0.335 e. The molecule has 0 saturated carbocycles. The van der Waals surface area contributed by atoms with Crippen molar-refractivity contribution in [3.05, 3.63) is 77.6 Å². The summed E-state index contributed by atoms with van der Waals surface area (Å²) in [5.74, 6) is 0.447. The Bertz CT molecular complexity index is 1460. The van der Waals surface area contributed by atoms with Gasteiger partial charge in [0.05, 0.1) is 5.56 Å². The normalized spacial score (nSPS) is 15.9. The van der Waals surface area contributed by atoms with E-state index in [1.165, 1.54) is 17.7 Å². The van der Waals surface area contributed by atoms with E-state index in [1.807, 2.05) is 24.3 Å². The van der Waals surface area contributed by atoms with E-state index in [0.717, 1.165) is 19.4 Å². The van der Waals surface area contributed by atoms with Crippen LogP contribution in [0.1, 0.15) is 59.9 Å². The molecule has 2 aromatic heterocycles. The molecule has 1 amide bonds. The first kappa shape index (κ1) is 25.2. The zero-order chi connectivity index (χ0) is 26.9. The van der Waals surface area contributed by atoms with E-state index in [4.69, 9.17) is 10.1 Å². The fraction of sp³-hybridized carbons (Fsp3) is 0.321. The number of piperidine rings is 1. The van der Waals surface area contributed by atoms with Crippen molar-refractivity contribution >= 4 is 35.2 Å². The average Bonchev–Trinajstić information content (AvgIpc) is 3.38. The minimum absolute atomic E-state index is 0.0322. The van der Waals surface area contributed by atoms with Crippen LogP contribution in [0.25, 0.3) is 5.78 Å². The van der Waals surface area contributed by atoms with Crippen LogP contribution in [0.2, 0.25) is 0 Å². The third-order valence-corrected chi connectivity index (χ3v) is 6.70. The number of benzene rings is 2. The van der Waals surface area contributed by atoms with Gasteiger partial charge in [-0.3, -0.25) is 9.20 Å². The predicted octanol–water partition coefficient (Wildman–Crippen LogP) is 4.26. The van der Waals surface area contributed by atoms with Crippen molar-refractivity contribution in [2.24, 2.45) is 0 Å². The third-order valence-electron chi connectivity index (χ3n) is 6.70. The number of hydrogen-bond donors (Lipinski definition) is 3. The molecule has 38 heavy (non-hydrogen) atoms. The molecular formula is C28H31N7O3. The van der Waals surface area contributed by atoms with Crippen LogP contribution >= 0.6 is 0 Å². The number of hydrogen-bond acceptors (Lipinski definition) is 7. The van der Waals surface area contributed by atoms with Gasteiger partial charge in [0.15, 0.2) is 0 Å². The second-order valence-electron chi connectivity index (χ2n) is 10.5. The lowest BCUT2D eigenvalue weighted by Crippen LogP contribution is -2.48. The molecule has 1 atom stereocenters. The second-order valence-corrected chi connectivity index (χ2v) is 10.5. The summed E-state index contributed by atoms with van der Waals surface area (Å²) in [6, 6.07) is 14.2. The molecule has 0 spiro atoms. The number of aromatic carboxylic acids is 1. The number of nitrogens with one attached hydrogen (secondary N) is 2. The van der Waals surface area contributed by atoms with Crippen LogP contribution in [0.5, 0.6) is 0 Å². The monoisotopic (exact) mass is 513 g/mol. The van der Waals surface area contributed by atoms with Gasteiger partial charge < -0.3 is 20.6 Å². The summed E-state index contributed by atoms with van der Waals surface area (Å²) in [5, 5.41) is 15.6. The van der Waals surface area contributed by atoms with Gasteiger partial charge in [-0.2, -0.15) is 9.97 Å². The number of carbonyl (C=O) groups is 2. The van der Waals surface area contributed by atoms with Crippen LogP contribution in [0.15, 0.2) is 60.9 Å². The molecule has 1 unspecified atom stereocenters. The summed E-state index contributed by atoms with van der Waals surface area (Å²) in [6.45, 7) is 7.79. The van der Waals surface area contributed by atoms with E-state index in [9.17, 15) is 9.59 Å². The molecule has 3 heterocycles. The molecule has 3 N–H and O–H groups in total. The van der Waals surface area contributed by atoms with Gasteiger partial charge in [-0.05, 0) is 60.2 Å². The Morgan fingerprint density at radius 1 is 1.00 bits per heavy atom. The lowest BCUT2D eigenvalue weighted by Gasteiger charge is -2.33. The number of amides is 1. The first-order chi connectivity index (χ1) is 18.2. The first-order valence-corrected chi connectivity index (χ1v) is 12.7. The van der Waals surface area contributed by atoms with Crippen molar-refractivity contribution in [3.8, 4) is 0 Å².